The molecular formula is C20H26N2O4S2. The Morgan fingerprint density at radius 1 is 1.25 bits per heavy atom. The largest absolute Gasteiger partial charge is 0.495 e. The zero-order valence-corrected chi connectivity index (χ0v) is 18.1. The van der Waals surface area contributed by atoms with Crippen LogP contribution in [0.25, 0.3) is 0 Å². The van der Waals surface area contributed by atoms with Gasteiger partial charge in [-0.05, 0) is 49.9 Å². The van der Waals surface area contributed by atoms with E-state index in [0.717, 1.165) is 30.6 Å². The molecule has 0 aliphatic carbocycles. The summed E-state index contributed by atoms with van der Waals surface area (Å²) in [5, 5.41) is 2.85. The summed E-state index contributed by atoms with van der Waals surface area (Å²) < 4.78 is 32.5. The molecule has 1 amide bonds. The average Bonchev–Trinajstić information content (AvgIpc) is 3.33. The summed E-state index contributed by atoms with van der Waals surface area (Å²) >= 11 is 1.47. The van der Waals surface area contributed by atoms with Crippen LogP contribution in [0.5, 0.6) is 5.75 Å². The molecule has 0 unspecified atom stereocenters. The number of nitrogens with one attached hydrogen (secondary N) is 1. The standard InChI is InChI=1S/C20H26N2O4S2/c1-4-7-15-12-18(27-14(15)2)20(23)21-16-8-9-19(17(13-16)26-3)28(24,25)22-10-5-6-11-22/h8-9,12-13H,4-7,10-11H2,1-3H3,(H,21,23). The summed E-state index contributed by atoms with van der Waals surface area (Å²) in [5.74, 6) is 0.0337. The number of rotatable bonds is 7. The lowest BCUT2D eigenvalue weighted by atomic mass is 10.1. The molecular weight excluding hydrogens is 396 g/mol. The molecule has 8 heteroatoms. The number of ether oxygens (including phenoxy) is 1. The van der Waals surface area contributed by atoms with Gasteiger partial charge in [0.25, 0.3) is 5.91 Å². The van der Waals surface area contributed by atoms with E-state index in [0.29, 0.717) is 23.7 Å². The fourth-order valence-corrected chi connectivity index (χ4v) is 5.99. The Kier molecular flexibility index (Phi) is 6.42. The maximum absolute atomic E-state index is 12.8. The first kappa shape index (κ1) is 20.8. The quantitative estimate of drug-likeness (QED) is 0.730. The van der Waals surface area contributed by atoms with E-state index >= 15 is 0 Å². The number of sulfonamides is 1. The Bertz CT molecular complexity index is 961. The highest BCUT2D eigenvalue weighted by molar-refractivity contribution is 7.89. The number of hydrogen-bond acceptors (Lipinski definition) is 5. The van der Waals surface area contributed by atoms with E-state index in [1.54, 1.807) is 12.1 Å². The Hall–Kier alpha value is -1.90. The van der Waals surface area contributed by atoms with E-state index < -0.39 is 10.0 Å². The van der Waals surface area contributed by atoms with Gasteiger partial charge in [0.2, 0.25) is 10.0 Å². The van der Waals surface area contributed by atoms with Gasteiger partial charge in [0.15, 0.2) is 0 Å². The van der Waals surface area contributed by atoms with Gasteiger partial charge in [-0.15, -0.1) is 11.3 Å². The molecule has 0 atom stereocenters. The monoisotopic (exact) mass is 422 g/mol. The summed E-state index contributed by atoms with van der Waals surface area (Å²) in [6.45, 7) is 5.19. The van der Waals surface area contributed by atoms with Crippen molar-refractivity contribution in [2.75, 3.05) is 25.5 Å². The maximum atomic E-state index is 12.8. The van der Waals surface area contributed by atoms with E-state index in [1.807, 2.05) is 13.0 Å². The summed E-state index contributed by atoms with van der Waals surface area (Å²) in [6.07, 6.45) is 3.72. The van der Waals surface area contributed by atoms with Crippen molar-refractivity contribution in [2.24, 2.45) is 0 Å². The highest BCUT2D eigenvalue weighted by Gasteiger charge is 2.30. The van der Waals surface area contributed by atoms with Gasteiger partial charge in [-0.3, -0.25) is 4.79 Å². The van der Waals surface area contributed by atoms with E-state index in [-0.39, 0.29) is 16.6 Å². The SMILES string of the molecule is CCCc1cc(C(=O)Nc2ccc(S(=O)(=O)N3CCCC3)c(OC)c2)sc1C. The zero-order valence-electron chi connectivity index (χ0n) is 16.4. The van der Waals surface area contributed by atoms with Gasteiger partial charge in [-0.2, -0.15) is 4.31 Å². The third kappa shape index (κ3) is 4.24. The summed E-state index contributed by atoms with van der Waals surface area (Å²) in [7, 11) is -2.16. The number of nitrogens with zero attached hydrogens (tertiary/aromatic N) is 1. The minimum absolute atomic E-state index is 0.132. The maximum Gasteiger partial charge on any atom is 0.265 e. The number of thiophene rings is 1. The predicted octanol–water partition coefficient (Wildman–Crippen LogP) is 4.05. The predicted molar refractivity (Wildman–Crippen MR) is 112 cm³/mol. The second kappa shape index (κ2) is 8.63. The molecule has 0 bridgehead atoms. The van der Waals surface area contributed by atoms with Crippen LogP contribution in [0.2, 0.25) is 0 Å². The second-order valence-corrected chi connectivity index (χ2v) is 10.0. The minimum atomic E-state index is -3.59. The highest BCUT2D eigenvalue weighted by atomic mass is 32.2. The molecule has 1 aliphatic heterocycles. The van der Waals surface area contributed by atoms with Crippen LogP contribution in [-0.2, 0) is 16.4 Å². The fraction of sp³-hybridized carbons (Fsp3) is 0.450. The molecule has 0 spiro atoms. The summed E-state index contributed by atoms with van der Waals surface area (Å²) in [6, 6.07) is 6.61. The molecule has 1 aliphatic rings. The average molecular weight is 423 g/mol. The fourth-order valence-electron chi connectivity index (χ4n) is 3.37. The van der Waals surface area contributed by atoms with E-state index in [2.05, 4.69) is 12.2 Å². The van der Waals surface area contributed by atoms with Crippen molar-refractivity contribution >= 4 is 33.0 Å². The first-order chi connectivity index (χ1) is 13.4. The molecule has 1 fully saturated rings. The first-order valence-corrected chi connectivity index (χ1v) is 11.7. The Morgan fingerprint density at radius 3 is 2.61 bits per heavy atom. The molecule has 2 aromatic rings. The van der Waals surface area contributed by atoms with Crippen molar-refractivity contribution in [3.05, 3.63) is 39.6 Å². The van der Waals surface area contributed by atoms with Crippen LogP contribution in [0, 0.1) is 6.92 Å². The van der Waals surface area contributed by atoms with Crippen molar-refractivity contribution in [1.29, 1.82) is 0 Å². The number of anilines is 1. The van der Waals surface area contributed by atoms with Crippen LogP contribution in [0.3, 0.4) is 0 Å². The first-order valence-electron chi connectivity index (χ1n) is 9.45. The van der Waals surface area contributed by atoms with Crippen LogP contribution in [0.15, 0.2) is 29.2 Å². The molecule has 0 saturated carbocycles. The molecule has 1 aromatic heterocycles. The minimum Gasteiger partial charge on any atom is -0.495 e. The smallest absolute Gasteiger partial charge is 0.265 e. The normalized spacial score (nSPS) is 15.0. The molecule has 0 radical (unpaired) electrons. The van der Waals surface area contributed by atoms with Gasteiger partial charge in [0.05, 0.1) is 12.0 Å². The van der Waals surface area contributed by atoms with Crippen LogP contribution >= 0.6 is 11.3 Å². The van der Waals surface area contributed by atoms with Crippen molar-refractivity contribution < 1.29 is 17.9 Å². The third-order valence-electron chi connectivity index (χ3n) is 4.87. The Labute approximate surface area is 170 Å². The van der Waals surface area contributed by atoms with Crippen molar-refractivity contribution in [3.8, 4) is 5.75 Å². The van der Waals surface area contributed by atoms with E-state index in [4.69, 9.17) is 4.74 Å². The Balaban J connectivity index is 1.82. The van der Waals surface area contributed by atoms with Crippen LogP contribution < -0.4 is 10.1 Å². The summed E-state index contributed by atoms with van der Waals surface area (Å²) in [4.78, 5) is 14.5. The highest BCUT2D eigenvalue weighted by Crippen LogP contribution is 2.32. The molecule has 28 heavy (non-hydrogen) atoms. The molecule has 1 N–H and O–H groups in total. The lowest BCUT2D eigenvalue weighted by molar-refractivity contribution is 0.103. The number of aryl methyl sites for hydroxylation is 2. The number of hydrogen-bond donors (Lipinski definition) is 1. The lowest BCUT2D eigenvalue weighted by Crippen LogP contribution is -2.28. The van der Waals surface area contributed by atoms with E-state index in [9.17, 15) is 13.2 Å². The molecule has 6 nitrogen and oxygen atoms in total. The molecule has 1 saturated heterocycles. The Morgan fingerprint density at radius 2 is 1.96 bits per heavy atom. The van der Waals surface area contributed by atoms with Crippen LogP contribution in [0.4, 0.5) is 5.69 Å². The van der Waals surface area contributed by atoms with Gasteiger partial charge in [-0.25, -0.2) is 8.42 Å². The number of methoxy groups -OCH3 is 1. The van der Waals surface area contributed by atoms with E-state index in [1.165, 1.54) is 34.4 Å². The van der Waals surface area contributed by atoms with Gasteiger partial charge < -0.3 is 10.1 Å². The van der Waals surface area contributed by atoms with Gasteiger partial charge in [0, 0.05) is 29.7 Å². The van der Waals surface area contributed by atoms with Crippen molar-refractivity contribution in [2.45, 2.75) is 44.4 Å². The topological polar surface area (TPSA) is 75.7 Å². The number of carbonyl (C=O) groups excluding carboxylic acids is 1. The zero-order chi connectivity index (χ0) is 20.3. The number of carbonyl (C=O) groups is 1. The lowest BCUT2D eigenvalue weighted by Gasteiger charge is -2.18. The second-order valence-electron chi connectivity index (χ2n) is 6.87. The van der Waals surface area contributed by atoms with Crippen LogP contribution in [0.1, 0.15) is 46.3 Å². The van der Waals surface area contributed by atoms with Gasteiger partial charge >= 0.3 is 0 Å². The van der Waals surface area contributed by atoms with Crippen molar-refractivity contribution in [1.82, 2.24) is 4.31 Å². The van der Waals surface area contributed by atoms with Gasteiger partial charge in [-0.1, -0.05) is 13.3 Å². The van der Waals surface area contributed by atoms with Crippen LogP contribution in [-0.4, -0.2) is 38.8 Å². The molecule has 1 aromatic carbocycles. The van der Waals surface area contributed by atoms with Crippen molar-refractivity contribution in [3.63, 3.8) is 0 Å². The third-order valence-corrected chi connectivity index (χ3v) is 7.90. The molecule has 2 heterocycles. The molecule has 3 rings (SSSR count). The summed E-state index contributed by atoms with van der Waals surface area (Å²) in [5.41, 5.74) is 1.70. The number of benzene rings is 1. The van der Waals surface area contributed by atoms with Gasteiger partial charge in [0.1, 0.15) is 10.6 Å². The number of amides is 1. The molecule has 152 valence electrons.